The Morgan fingerprint density at radius 2 is 1.95 bits per heavy atom. The van der Waals surface area contributed by atoms with Gasteiger partial charge >= 0.3 is 0 Å². The Bertz CT molecular complexity index is 470. The molecule has 19 heavy (non-hydrogen) atoms. The van der Waals surface area contributed by atoms with E-state index in [0.717, 1.165) is 17.9 Å². The van der Waals surface area contributed by atoms with Crippen LogP contribution >= 0.6 is 0 Å². The Hall–Kier alpha value is -1.88. The van der Waals surface area contributed by atoms with Gasteiger partial charge in [-0.15, -0.1) is 0 Å². The summed E-state index contributed by atoms with van der Waals surface area (Å²) in [7, 11) is 0. The van der Waals surface area contributed by atoms with Crippen molar-refractivity contribution in [2.24, 2.45) is 0 Å². The summed E-state index contributed by atoms with van der Waals surface area (Å²) in [5.74, 6) is -0.176. The van der Waals surface area contributed by atoms with Crippen molar-refractivity contribution in [3.8, 4) is 0 Å². The Labute approximate surface area is 112 Å². The van der Waals surface area contributed by atoms with E-state index in [1.54, 1.807) is 0 Å². The molecule has 1 amide bonds. The number of anilines is 2. The quantitative estimate of drug-likeness (QED) is 0.798. The van der Waals surface area contributed by atoms with Crippen molar-refractivity contribution >= 4 is 23.1 Å². The van der Waals surface area contributed by atoms with Crippen molar-refractivity contribution in [1.29, 1.82) is 0 Å². The Morgan fingerprint density at radius 3 is 2.42 bits per heavy atom. The molecule has 1 aliphatic rings. The van der Waals surface area contributed by atoms with E-state index in [2.05, 4.69) is 0 Å². The van der Waals surface area contributed by atoms with Gasteiger partial charge in [0.1, 0.15) is 0 Å². The van der Waals surface area contributed by atoms with Gasteiger partial charge in [-0.3, -0.25) is 9.59 Å². The monoisotopic (exact) mass is 262 g/mol. The first-order valence-corrected chi connectivity index (χ1v) is 6.43. The molecule has 1 N–H and O–H groups in total. The Balaban J connectivity index is 2.14. The minimum Gasteiger partial charge on any atom is -0.395 e. The first kappa shape index (κ1) is 13.5. The second-order valence-corrected chi connectivity index (χ2v) is 4.52. The van der Waals surface area contributed by atoms with Gasteiger partial charge < -0.3 is 14.9 Å². The fraction of sp³-hybridized carbons (Fsp3) is 0.429. The van der Waals surface area contributed by atoms with Crippen LogP contribution in [0.15, 0.2) is 24.3 Å². The van der Waals surface area contributed by atoms with E-state index in [-0.39, 0.29) is 31.3 Å². The summed E-state index contributed by atoms with van der Waals surface area (Å²) in [6.07, 6.45) is 0.00729. The second kappa shape index (κ2) is 5.84. The molecule has 1 saturated heterocycles. The van der Waals surface area contributed by atoms with E-state index >= 15 is 0 Å². The average molecular weight is 262 g/mol. The van der Waals surface area contributed by atoms with E-state index in [9.17, 15) is 9.59 Å². The number of likely N-dealkylation sites (N-methyl/N-ethyl adjacent to an activating group) is 1. The van der Waals surface area contributed by atoms with Crippen LogP contribution in [0.4, 0.5) is 11.4 Å². The predicted molar refractivity (Wildman–Crippen MR) is 73.4 cm³/mol. The summed E-state index contributed by atoms with van der Waals surface area (Å²) >= 11 is 0. The molecule has 1 aliphatic heterocycles. The van der Waals surface area contributed by atoms with Crippen LogP contribution in [-0.4, -0.2) is 43.0 Å². The molecule has 5 heteroatoms. The smallest absolute Gasteiger partial charge is 0.234 e. The maximum Gasteiger partial charge on any atom is 0.234 e. The normalized spacial score (nSPS) is 15.2. The van der Waals surface area contributed by atoms with Crippen molar-refractivity contribution in [1.82, 2.24) is 0 Å². The molecule has 0 spiro atoms. The van der Waals surface area contributed by atoms with E-state index in [0.29, 0.717) is 6.54 Å². The van der Waals surface area contributed by atoms with Gasteiger partial charge in [-0.25, -0.2) is 0 Å². The average Bonchev–Trinajstić information content (AvgIpc) is 2.75. The first-order valence-electron chi connectivity index (χ1n) is 6.43. The number of nitrogens with zero attached hydrogens (tertiary/aromatic N) is 2. The molecule has 0 atom stereocenters. The lowest BCUT2D eigenvalue weighted by molar-refractivity contribution is -0.121. The summed E-state index contributed by atoms with van der Waals surface area (Å²) in [5.41, 5.74) is 1.75. The number of amides is 1. The van der Waals surface area contributed by atoms with Crippen molar-refractivity contribution < 1.29 is 14.7 Å². The molecular formula is C14H18N2O3. The van der Waals surface area contributed by atoms with Crippen LogP contribution in [0, 0.1) is 0 Å². The van der Waals surface area contributed by atoms with Gasteiger partial charge in [0.2, 0.25) is 5.91 Å². The number of Topliss-reactive ketones (excluding diaryl/α,β-unsaturated/α-hetero) is 1. The van der Waals surface area contributed by atoms with Gasteiger partial charge in [-0.1, -0.05) is 0 Å². The number of aliphatic hydroxyl groups is 1. The third-order valence-electron chi connectivity index (χ3n) is 3.26. The molecular weight excluding hydrogens is 244 g/mol. The van der Waals surface area contributed by atoms with Crippen LogP contribution in [0.25, 0.3) is 0 Å². The molecule has 102 valence electrons. The van der Waals surface area contributed by atoms with Crippen LogP contribution in [0.1, 0.15) is 13.3 Å². The SMILES string of the molecule is CCN(CCO)c1ccc(N2CC(=O)CC2=O)cc1. The van der Waals surface area contributed by atoms with E-state index in [1.807, 2.05) is 36.1 Å². The summed E-state index contributed by atoms with van der Waals surface area (Å²) < 4.78 is 0. The van der Waals surface area contributed by atoms with Crippen molar-refractivity contribution in [3.05, 3.63) is 24.3 Å². The number of rotatable bonds is 5. The number of hydrogen-bond acceptors (Lipinski definition) is 4. The van der Waals surface area contributed by atoms with Crippen molar-refractivity contribution in [3.63, 3.8) is 0 Å². The number of benzene rings is 1. The highest BCUT2D eigenvalue weighted by atomic mass is 16.3. The van der Waals surface area contributed by atoms with Gasteiger partial charge in [0, 0.05) is 24.5 Å². The van der Waals surface area contributed by atoms with Crippen LogP contribution in [0.3, 0.4) is 0 Å². The summed E-state index contributed by atoms with van der Waals surface area (Å²) in [6.45, 7) is 3.69. The maximum atomic E-state index is 11.6. The zero-order valence-electron chi connectivity index (χ0n) is 11.0. The van der Waals surface area contributed by atoms with Gasteiger partial charge in [0.25, 0.3) is 0 Å². The van der Waals surface area contributed by atoms with Crippen LogP contribution in [0.2, 0.25) is 0 Å². The molecule has 1 aromatic rings. The number of hydrogen-bond donors (Lipinski definition) is 1. The van der Waals surface area contributed by atoms with Gasteiger partial charge in [0.15, 0.2) is 5.78 Å². The highest BCUT2D eigenvalue weighted by molar-refractivity contribution is 6.15. The Kier molecular flexibility index (Phi) is 4.16. The summed E-state index contributed by atoms with van der Waals surface area (Å²) in [4.78, 5) is 26.4. The van der Waals surface area contributed by atoms with Crippen LogP contribution < -0.4 is 9.80 Å². The number of carbonyl (C=O) groups excluding carboxylic acids is 2. The Morgan fingerprint density at radius 1 is 1.26 bits per heavy atom. The predicted octanol–water partition coefficient (Wildman–Crippen LogP) is 0.811. The zero-order chi connectivity index (χ0) is 13.8. The lowest BCUT2D eigenvalue weighted by Crippen LogP contribution is -2.27. The fourth-order valence-electron chi connectivity index (χ4n) is 2.25. The molecule has 0 unspecified atom stereocenters. The molecule has 1 fully saturated rings. The van der Waals surface area contributed by atoms with Crippen molar-refractivity contribution in [2.45, 2.75) is 13.3 Å². The minimum absolute atomic E-state index is 0.00729. The molecule has 0 radical (unpaired) electrons. The zero-order valence-corrected chi connectivity index (χ0v) is 11.0. The maximum absolute atomic E-state index is 11.6. The largest absolute Gasteiger partial charge is 0.395 e. The highest BCUT2D eigenvalue weighted by Gasteiger charge is 2.28. The molecule has 0 aromatic heterocycles. The molecule has 5 nitrogen and oxygen atoms in total. The van der Waals surface area contributed by atoms with Crippen molar-refractivity contribution in [2.75, 3.05) is 36.0 Å². The number of carbonyl (C=O) groups is 2. The van der Waals surface area contributed by atoms with E-state index in [4.69, 9.17) is 5.11 Å². The minimum atomic E-state index is -0.138. The van der Waals surface area contributed by atoms with E-state index < -0.39 is 0 Å². The van der Waals surface area contributed by atoms with Crippen LogP contribution in [0.5, 0.6) is 0 Å². The lowest BCUT2D eigenvalue weighted by Gasteiger charge is -2.23. The molecule has 0 aliphatic carbocycles. The highest BCUT2D eigenvalue weighted by Crippen LogP contribution is 2.23. The third kappa shape index (κ3) is 2.93. The standard InChI is InChI=1S/C14H18N2O3/c1-2-15(7-8-17)11-3-5-12(6-4-11)16-10-13(18)9-14(16)19/h3-6,17H,2,7-10H2,1H3. The van der Waals surface area contributed by atoms with Gasteiger partial charge in [-0.2, -0.15) is 0 Å². The fourth-order valence-corrected chi connectivity index (χ4v) is 2.25. The van der Waals surface area contributed by atoms with Crippen LogP contribution in [-0.2, 0) is 9.59 Å². The van der Waals surface area contributed by atoms with Gasteiger partial charge in [-0.05, 0) is 31.2 Å². The van der Waals surface area contributed by atoms with E-state index in [1.165, 1.54) is 4.90 Å². The molecule has 2 rings (SSSR count). The molecule has 0 bridgehead atoms. The van der Waals surface area contributed by atoms with Gasteiger partial charge in [0.05, 0.1) is 19.6 Å². The molecule has 1 aromatic carbocycles. The number of ketones is 1. The second-order valence-electron chi connectivity index (χ2n) is 4.52. The number of aliphatic hydroxyl groups excluding tert-OH is 1. The first-order chi connectivity index (χ1) is 9.15. The summed E-state index contributed by atoms with van der Waals surface area (Å²) in [6, 6.07) is 7.49. The summed E-state index contributed by atoms with van der Waals surface area (Å²) in [5, 5.41) is 8.99. The topological polar surface area (TPSA) is 60.9 Å². The molecule has 0 saturated carbocycles. The molecule has 1 heterocycles. The third-order valence-corrected chi connectivity index (χ3v) is 3.26. The lowest BCUT2D eigenvalue weighted by atomic mass is 10.2.